The van der Waals surface area contributed by atoms with Crippen molar-refractivity contribution in [2.45, 2.75) is 328 Å². The van der Waals surface area contributed by atoms with Gasteiger partial charge >= 0.3 is 5.97 Å². The van der Waals surface area contributed by atoms with E-state index < -0.39 is 12.1 Å². The van der Waals surface area contributed by atoms with Gasteiger partial charge in [-0.1, -0.05) is 283 Å². The number of ether oxygens (including phenoxy) is 1. The molecule has 0 aliphatic heterocycles. The van der Waals surface area contributed by atoms with Crippen molar-refractivity contribution < 1.29 is 24.5 Å². The van der Waals surface area contributed by atoms with Crippen LogP contribution in [0.1, 0.15) is 316 Å². The van der Waals surface area contributed by atoms with Crippen molar-refractivity contribution in [3.05, 3.63) is 12.2 Å². The molecule has 0 rings (SSSR count). The quantitative estimate of drug-likeness (QED) is 0.0321. The van der Waals surface area contributed by atoms with E-state index in [-0.39, 0.29) is 18.5 Å². The molecule has 1 amide bonds. The van der Waals surface area contributed by atoms with Gasteiger partial charge in [-0.3, -0.25) is 9.59 Å². The van der Waals surface area contributed by atoms with Gasteiger partial charge in [0.15, 0.2) is 0 Å². The summed E-state index contributed by atoms with van der Waals surface area (Å²) in [5, 5.41) is 23.1. The van der Waals surface area contributed by atoms with Gasteiger partial charge in [0.2, 0.25) is 5.91 Å². The molecule has 63 heavy (non-hydrogen) atoms. The summed E-state index contributed by atoms with van der Waals surface area (Å²) in [5.74, 6) is -0.0546. The first-order valence-electron chi connectivity index (χ1n) is 28.5. The fourth-order valence-corrected chi connectivity index (χ4v) is 8.93. The molecule has 0 bridgehead atoms. The van der Waals surface area contributed by atoms with Crippen molar-refractivity contribution in [3.63, 3.8) is 0 Å². The van der Waals surface area contributed by atoms with Gasteiger partial charge < -0.3 is 20.3 Å². The third kappa shape index (κ3) is 49.9. The summed E-state index contributed by atoms with van der Waals surface area (Å²) in [7, 11) is 0. The largest absolute Gasteiger partial charge is 0.466 e. The zero-order valence-corrected chi connectivity index (χ0v) is 42.6. The summed E-state index contributed by atoms with van der Waals surface area (Å²) in [6.07, 6.45) is 62.3. The number of rotatable bonds is 53. The molecular formula is C57H111NO5. The van der Waals surface area contributed by atoms with E-state index in [0.29, 0.717) is 19.4 Å². The Morgan fingerprint density at radius 3 is 1.08 bits per heavy atom. The van der Waals surface area contributed by atoms with Crippen molar-refractivity contribution in [1.29, 1.82) is 0 Å². The first kappa shape index (κ1) is 61.6. The van der Waals surface area contributed by atoms with Crippen LogP contribution in [0.2, 0.25) is 0 Å². The Kier molecular flexibility index (Phi) is 52.0. The minimum Gasteiger partial charge on any atom is -0.466 e. The maximum Gasteiger partial charge on any atom is 0.305 e. The fraction of sp³-hybridized carbons (Fsp3) is 0.930. The van der Waals surface area contributed by atoms with Crippen LogP contribution in [0, 0.1) is 0 Å². The smallest absolute Gasteiger partial charge is 0.305 e. The minimum absolute atomic E-state index is 0.0126. The lowest BCUT2D eigenvalue weighted by Crippen LogP contribution is -2.45. The number of esters is 1. The Labute approximate surface area is 393 Å². The predicted octanol–water partition coefficient (Wildman–Crippen LogP) is 17.3. The van der Waals surface area contributed by atoms with Crippen molar-refractivity contribution in [3.8, 4) is 0 Å². The molecule has 0 aromatic heterocycles. The van der Waals surface area contributed by atoms with Gasteiger partial charge in [0.1, 0.15) is 0 Å². The highest BCUT2D eigenvalue weighted by molar-refractivity contribution is 5.76. The first-order valence-corrected chi connectivity index (χ1v) is 28.5. The summed E-state index contributed by atoms with van der Waals surface area (Å²) in [5.41, 5.74) is 0. The summed E-state index contributed by atoms with van der Waals surface area (Å²) < 4.78 is 5.46. The molecule has 0 radical (unpaired) electrons. The van der Waals surface area contributed by atoms with Crippen LogP contribution in [0.5, 0.6) is 0 Å². The predicted molar refractivity (Wildman–Crippen MR) is 273 cm³/mol. The second-order valence-electron chi connectivity index (χ2n) is 19.6. The van der Waals surface area contributed by atoms with E-state index in [9.17, 15) is 19.8 Å². The van der Waals surface area contributed by atoms with Crippen LogP contribution in [0.4, 0.5) is 0 Å². The van der Waals surface area contributed by atoms with Crippen LogP contribution in [-0.4, -0.2) is 47.4 Å². The number of hydrogen-bond donors (Lipinski definition) is 3. The van der Waals surface area contributed by atoms with Gasteiger partial charge in [0.05, 0.1) is 25.4 Å². The highest BCUT2D eigenvalue weighted by atomic mass is 16.5. The third-order valence-electron chi connectivity index (χ3n) is 13.3. The standard InChI is InChI=1S/C57H111NO5/c1-3-5-7-9-11-13-15-26-30-33-37-41-45-49-55(60)54(53-59)58-56(61)50-46-42-38-34-31-27-24-22-20-18-16-17-19-21-23-25-28-32-36-40-44-48-52-63-57(62)51-47-43-39-35-29-14-12-10-8-6-4-2/h45,49,54-55,59-60H,3-44,46-48,50-53H2,1-2H3,(H,58,61)/b49-45+. The fourth-order valence-electron chi connectivity index (χ4n) is 8.93. The molecule has 0 spiro atoms. The summed E-state index contributed by atoms with van der Waals surface area (Å²) in [4.78, 5) is 24.4. The molecule has 2 atom stereocenters. The second kappa shape index (κ2) is 53.2. The van der Waals surface area contributed by atoms with Gasteiger partial charge in [0, 0.05) is 12.8 Å². The third-order valence-corrected chi connectivity index (χ3v) is 13.3. The maximum absolute atomic E-state index is 12.4. The lowest BCUT2D eigenvalue weighted by atomic mass is 10.0. The number of aliphatic hydroxyl groups excluding tert-OH is 2. The van der Waals surface area contributed by atoms with Crippen molar-refractivity contribution in [2.75, 3.05) is 13.2 Å². The molecule has 0 aliphatic carbocycles. The monoisotopic (exact) mass is 890 g/mol. The molecule has 0 fully saturated rings. The van der Waals surface area contributed by atoms with Crippen molar-refractivity contribution in [2.24, 2.45) is 0 Å². The Bertz CT molecular complexity index is 939. The summed E-state index contributed by atoms with van der Waals surface area (Å²) in [6, 6.07) is -0.626. The van der Waals surface area contributed by atoms with E-state index in [2.05, 4.69) is 19.2 Å². The van der Waals surface area contributed by atoms with Crippen molar-refractivity contribution in [1.82, 2.24) is 5.32 Å². The number of carbonyl (C=O) groups excluding carboxylic acids is 2. The molecule has 0 aromatic carbocycles. The van der Waals surface area contributed by atoms with Crippen LogP contribution < -0.4 is 5.32 Å². The second-order valence-corrected chi connectivity index (χ2v) is 19.6. The number of nitrogens with one attached hydrogen (secondary N) is 1. The van der Waals surface area contributed by atoms with E-state index in [1.54, 1.807) is 6.08 Å². The zero-order chi connectivity index (χ0) is 45.8. The van der Waals surface area contributed by atoms with E-state index in [4.69, 9.17) is 4.74 Å². The van der Waals surface area contributed by atoms with E-state index in [1.807, 2.05) is 6.08 Å². The van der Waals surface area contributed by atoms with Crippen LogP contribution in [0.3, 0.4) is 0 Å². The highest BCUT2D eigenvalue weighted by Crippen LogP contribution is 2.17. The number of unbranched alkanes of at least 4 members (excludes halogenated alkanes) is 42. The molecule has 0 saturated heterocycles. The van der Waals surface area contributed by atoms with Crippen LogP contribution in [-0.2, 0) is 14.3 Å². The normalized spacial score (nSPS) is 12.6. The summed E-state index contributed by atoms with van der Waals surface area (Å²) >= 11 is 0. The molecular weight excluding hydrogens is 779 g/mol. The van der Waals surface area contributed by atoms with Gasteiger partial charge in [-0.15, -0.1) is 0 Å². The van der Waals surface area contributed by atoms with Gasteiger partial charge in [-0.25, -0.2) is 0 Å². The number of hydrogen-bond acceptors (Lipinski definition) is 5. The Balaban J connectivity index is 3.39. The SMILES string of the molecule is CCCCCCCCCCCCC/C=C/C(O)C(CO)NC(=O)CCCCCCCCCCCCCCCCCCCCCCCCOC(=O)CCCCCCCCCCCCC. The maximum atomic E-state index is 12.4. The minimum atomic E-state index is -0.842. The van der Waals surface area contributed by atoms with E-state index in [1.165, 1.54) is 250 Å². The number of amides is 1. The lowest BCUT2D eigenvalue weighted by molar-refractivity contribution is -0.143. The molecule has 0 heterocycles. The van der Waals surface area contributed by atoms with Gasteiger partial charge in [0.25, 0.3) is 0 Å². The Morgan fingerprint density at radius 2 is 0.730 bits per heavy atom. The number of aliphatic hydroxyl groups is 2. The number of carbonyl (C=O) groups is 2. The Hall–Kier alpha value is -1.40. The molecule has 0 saturated carbocycles. The molecule has 3 N–H and O–H groups in total. The first-order chi connectivity index (χ1) is 31.0. The van der Waals surface area contributed by atoms with Crippen LogP contribution >= 0.6 is 0 Å². The molecule has 0 aromatic rings. The zero-order valence-electron chi connectivity index (χ0n) is 42.6. The molecule has 374 valence electrons. The van der Waals surface area contributed by atoms with E-state index in [0.717, 1.165) is 38.5 Å². The average Bonchev–Trinajstić information content (AvgIpc) is 3.28. The topological polar surface area (TPSA) is 95.9 Å². The summed E-state index contributed by atoms with van der Waals surface area (Å²) in [6.45, 7) is 4.91. The van der Waals surface area contributed by atoms with Gasteiger partial charge in [-0.05, 0) is 32.1 Å². The van der Waals surface area contributed by atoms with Crippen LogP contribution in [0.15, 0.2) is 12.2 Å². The number of allylic oxidation sites excluding steroid dienone is 1. The van der Waals surface area contributed by atoms with Gasteiger partial charge in [-0.2, -0.15) is 0 Å². The van der Waals surface area contributed by atoms with E-state index >= 15 is 0 Å². The lowest BCUT2D eigenvalue weighted by Gasteiger charge is -2.20. The van der Waals surface area contributed by atoms with Crippen LogP contribution in [0.25, 0.3) is 0 Å². The molecule has 0 aliphatic rings. The molecule has 2 unspecified atom stereocenters. The highest BCUT2D eigenvalue weighted by Gasteiger charge is 2.18. The Morgan fingerprint density at radius 1 is 0.429 bits per heavy atom. The molecule has 6 nitrogen and oxygen atoms in total. The van der Waals surface area contributed by atoms with Crippen molar-refractivity contribution >= 4 is 11.9 Å². The average molecular weight is 891 g/mol. The molecule has 6 heteroatoms.